The molecule has 3 aliphatic heterocycles. The van der Waals surface area contributed by atoms with E-state index in [0.717, 1.165) is 58.5 Å². The molecular formula is C20H28N4O2. The average molecular weight is 356 g/mol. The number of urea groups is 1. The van der Waals surface area contributed by atoms with E-state index in [4.69, 9.17) is 0 Å². The quantitative estimate of drug-likeness (QED) is 0.855. The molecule has 6 heteroatoms. The number of fused-ring (bicyclic) bond motifs is 1. The molecule has 0 unspecified atom stereocenters. The van der Waals surface area contributed by atoms with Crippen molar-refractivity contribution >= 4 is 17.6 Å². The van der Waals surface area contributed by atoms with Gasteiger partial charge in [0.05, 0.1) is 0 Å². The maximum atomic E-state index is 12.7. The predicted octanol–water partition coefficient (Wildman–Crippen LogP) is 2.39. The maximum absolute atomic E-state index is 12.7. The second kappa shape index (κ2) is 7.66. The molecule has 3 aliphatic rings. The fraction of sp³-hybridized carbons (Fsp3) is 0.600. The van der Waals surface area contributed by atoms with E-state index in [0.29, 0.717) is 23.1 Å². The summed E-state index contributed by atoms with van der Waals surface area (Å²) in [6.45, 7) is 5.38. The number of carbonyl (C=O) groups excluding carboxylic acids is 2. The fourth-order valence-electron chi connectivity index (χ4n) is 4.43. The standard InChI is InChI=1S/C20H28N4O2/c25-19(23-8-2-1-3-9-23)15-5-4-6-18(11-15)22-20(26)24-10-7-16-12-21-13-17(16)14-24/h4-6,11,16-17,21H,1-3,7-10,12-14H2,(H,22,26)/t16-,17-/m1/s1. The van der Waals surface area contributed by atoms with E-state index in [9.17, 15) is 9.59 Å². The highest BCUT2D eigenvalue weighted by Gasteiger charge is 2.34. The molecule has 3 amide bonds. The van der Waals surface area contributed by atoms with Gasteiger partial charge in [0.25, 0.3) is 5.91 Å². The van der Waals surface area contributed by atoms with Crippen molar-refractivity contribution in [3.8, 4) is 0 Å². The van der Waals surface area contributed by atoms with Gasteiger partial charge in [0, 0.05) is 37.4 Å². The first kappa shape index (κ1) is 17.3. The lowest BCUT2D eigenvalue weighted by atomic mass is 9.89. The van der Waals surface area contributed by atoms with Crippen molar-refractivity contribution in [2.75, 3.05) is 44.6 Å². The highest BCUT2D eigenvalue weighted by molar-refractivity contribution is 5.97. The van der Waals surface area contributed by atoms with Crippen LogP contribution in [-0.4, -0.2) is 61.0 Å². The lowest BCUT2D eigenvalue weighted by Gasteiger charge is -2.34. The van der Waals surface area contributed by atoms with Crippen molar-refractivity contribution in [3.63, 3.8) is 0 Å². The Labute approximate surface area is 154 Å². The Bertz CT molecular complexity index is 672. The molecule has 3 fully saturated rings. The van der Waals surface area contributed by atoms with E-state index in [2.05, 4.69) is 10.6 Å². The number of carbonyl (C=O) groups is 2. The van der Waals surface area contributed by atoms with E-state index in [-0.39, 0.29) is 11.9 Å². The van der Waals surface area contributed by atoms with Gasteiger partial charge in [-0.05, 0) is 68.8 Å². The Hall–Kier alpha value is -2.08. The number of likely N-dealkylation sites (tertiary alicyclic amines) is 2. The molecule has 0 spiro atoms. The van der Waals surface area contributed by atoms with Gasteiger partial charge in [-0.15, -0.1) is 0 Å². The summed E-state index contributed by atoms with van der Waals surface area (Å²) in [5.74, 6) is 1.35. The Kier molecular flexibility index (Phi) is 5.11. The summed E-state index contributed by atoms with van der Waals surface area (Å²) in [6, 6.07) is 7.29. The van der Waals surface area contributed by atoms with Crippen LogP contribution < -0.4 is 10.6 Å². The molecule has 3 heterocycles. The molecule has 2 atom stereocenters. The van der Waals surface area contributed by atoms with Crippen LogP contribution in [0.25, 0.3) is 0 Å². The smallest absolute Gasteiger partial charge is 0.321 e. The Morgan fingerprint density at radius 2 is 1.81 bits per heavy atom. The van der Waals surface area contributed by atoms with Crippen molar-refractivity contribution in [2.45, 2.75) is 25.7 Å². The van der Waals surface area contributed by atoms with Gasteiger partial charge in [-0.1, -0.05) is 6.07 Å². The van der Waals surface area contributed by atoms with Crippen LogP contribution in [0.5, 0.6) is 0 Å². The van der Waals surface area contributed by atoms with Crippen molar-refractivity contribution < 1.29 is 9.59 Å². The normalized spacial score (nSPS) is 25.7. The van der Waals surface area contributed by atoms with Gasteiger partial charge in [0.15, 0.2) is 0 Å². The van der Waals surface area contributed by atoms with Crippen LogP contribution in [-0.2, 0) is 0 Å². The first-order valence-electron chi connectivity index (χ1n) is 9.87. The van der Waals surface area contributed by atoms with Crippen LogP contribution in [0.1, 0.15) is 36.0 Å². The second-order valence-electron chi connectivity index (χ2n) is 7.78. The largest absolute Gasteiger partial charge is 0.339 e. The summed E-state index contributed by atoms with van der Waals surface area (Å²) in [5, 5.41) is 6.41. The van der Waals surface area contributed by atoms with Gasteiger partial charge in [-0.3, -0.25) is 4.79 Å². The molecule has 0 bridgehead atoms. The third-order valence-electron chi connectivity index (χ3n) is 6.00. The SMILES string of the molecule is O=C(Nc1cccc(C(=O)N2CCCCC2)c1)N1CC[C@@H]2CNC[C@@H]2C1. The Morgan fingerprint density at radius 1 is 1.00 bits per heavy atom. The van der Waals surface area contributed by atoms with Crippen molar-refractivity contribution in [1.82, 2.24) is 15.1 Å². The first-order chi connectivity index (χ1) is 12.7. The summed E-state index contributed by atoms with van der Waals surface area (Å²) in [5.41, 5.74) is 1.35. The van der Waals surface area contributed by atoms with Gasteiger partial charge in [-0.25, -0.2) is 4.79 Å². The fourth-order valence-corrected chi connectivity index (χ4v) is 4.43. The molecule has 2 N–H and O–H groups in total. The van der Waals surface area contributed by atoms with Crippen LogP contribution in [0.15, 0.2) is 24.3 Å². The number of amides is 3. The van der Waals surface area contributed by atoms with Gasteiger partial charge >= 0.3 is 6.03 Å². The number of hydrogen-bond acceptors (Lipinski definition) is 3. The molecule has 4 rings (SSSR count). The molecule has 140 valence electrons. The van der Waals surface area contributed by atoms with Crippen molar-refractivity contribution in [3.05, 3.63) is 29.8 Å². The number of nitrogens with zero attached hydrogens (tertiary/aromatic N) is 2. The van der Waals surface area contributed by atoms with E-state index in [1.54, 1.807) is 6.07 Å². The lowest BCUT2D eigenvalue weighted by molar-refractivity contribution is 0.0724. The maximum Gasteiger partial charge on any atom is 0.321 e. The second-order valence-corrected chi connectivity index (χ2v) is 7.78. The summed E-state index contributed by atoms with van der Waals surface area (Å²) < 4.78 is 0. The minimum Gasteiger partial charge on any atom is -0.339 e. The Balaban J connectivity index is 1.38. The molecule has 3 saturated heterocycles. The molecular weight excluding hydrogens is 328 g/mol. The van der Waals surface area contributed by atoms with Crippen molar-refractivity contribution in [1.29, 1.82) is 0 Å². The number of rotatable bonds is 2. The number of hydrogen-bond donors (Lipinski definition) is 2. The minimum atomic E-state index is -0.0575. The average Bonchev–Trinajstić information content (AvgIpc) is 3.16. The van der Waals surface area contributed by atoms with E-state index in [1.807, 2.05) is 28.0 Å². The number of piperidine rings is 2. The molecule has 6 nitrogen and oxygen atoms in total. The molecule has 26 heavy (non-hydrogen) atoms. The van der Waals surface area contributed by atoms with Crippen molar-refractivity contribution in [2.24, 2.45) is 11.8 Å². The summed E-state index contributed by atoms with van der Waals surface area (Å²) in [6.07, 6.45) is 4.42. The summed E-state index contributed by atoms with van der Waals surface area (Å²) in [4.78, 5) is 29.1. The zero-order valence-electron chi connectivity index (χ0n) is 15.2. The van der Waals surface area contributed by atoms with Crippen LogP contribution in [0.4, 0.5) is 10.5 Å². The third-order valence-corrected chi connectivity index (χ3v) is 6.00. The summed E-state index contributed by atoms with van der Waals surface area (Å²) in [7, 11) is 0. The van der Waals surface area contributed by atoms with Crippen LogP contribution in [0, 0.1) is 11.8 Å². The van der Waals surface area contributed by atoms with Crippen LogP contribution in [0.2, 0.25) is 0 Å². The number of anilines is 1. The molecule has 1 aromatic carbocycles. The van der Waals surface area contributed by atoms with E-state index < -0.39 is 0 Å². The van der Waals surface area contributed by atoms with Gasteiger partial charge in [0.1, 0.15) is 0 Å². The topological polar surface area (TPSA) is 64.7 Å². The minimum absolute atomic E-state index is 0.0575. The zero-order chi connectivity index (χ0) is 17.9. The lowest BCUT2D eigenvalue weighted by Crippen LogP contribution is -2.45. The highest BCUT2D eigenvalue weighted by Crippen LogP contribution is 2.27. The first-order valence-corrected chi connectivity index (χ1v) is 9.87. The third kappa shape index (κ3) is 3.70. The molecule has 0 saturated carbocycles. The van der Waals surface area contributed by atoms with Crippen LogP contribution >= 0.6 is 0 Å². The van der Waals surface area contributed by atoms with E-state index >= 15 is 0 Å². The predicted molar refractivity (Wildman–Crippen MR) is 101 cm³/mol. The zero-order valence-corrected chi connectivity index (χ0v) is 15.2. The summed E-state index contributed by atoms with van der Waals surface area (Å²) >= 11 is 0. The van der Waals surface area contributed by atoms with E-state index in [1.165, 1.54) is 6.42 Å². The van der Waals surface area contributed by atoms with Gasteiger partial charge < -0.3 is 20.4 Å². The monoisotopic (exact) mass is 356 g/mol. The molecule has 0 aliphatic carbocycles. The van der Waals surface area contributed by atoms with Gasteiger partial charge in [0.2, 0.25) is 0 Å². The highest BCUT2D eigenvalue weighted by atomic mass is 16.2. The Morgan fingerprint density at radius 3 is 2.65 bits per heavy atom. The molecule has 0 radical (unpaired) electrons. The number of nitrogens with one attached hydrogen (secondary N) is 2. The van der Waals surface area contributed by atoms with Crippen LogP contribution in [0.3, 0.4) is 0 Å². The number of benzene rings is 1. The van der Waals surface area contributed by atoms with Gasteiger partial charge in [-0.2, -0.15) is 0 Å². The molecule has 0 aromatic heterocycles. The molecule has 1 aromatic rings.